The second-order valence-corrected chi connectivity index (χ2v) is 11.3. The zero-order valence-electron chi connectivity index (χ0n) is 21.2. The molecule has 0 saturated heterocycles. The second kappa shape index (κ2) is 13.4. The van der Waals surface area contributed by atoms with Crippen molar-refractivity contribution in [2.24, 2.45) is 5.10 Å². The first-order valence-electron chi connectivity index (χ1n) is 11.8. The van der Waals surface area contributed by atoms with Gasteiger partial charge in [-0.15, -0.1) is 0 Å². The van der Waals surface area contributed by atoms with Crippen LogP contribution < -0.4 is 19.2 Å². The third-order valence-electron chi connectivity index (χ3n) is 5.51. The standard InChI is InChI=1S/C28H24BrClN4O5S/c1-38-25-16-20(15-23(29)28(25)39-19-21-9-5-6-12-24(21)30)17-32-33-27(35)18-34(26-13-7-8-14-31-26)40(36,37)22-10-3-2-4-11-22/h2-17H,18-19H2,1H3,(H,33,35)/b32-17-. The number of carbonyl (C=O) groups is 1. The number of amides is 1. The van der Waals surface area contributed by atoms with Gasteiger partial charge in [-0.2, -0.15) is 5.10 Å². The van der Waals surface area contributed by atoms with Crippen LogP contribution in [0.15, 0.2) is 106 Å². The molecule has 0 radical (unpaired) electrons. The summed E-state index contributed by atoms with van der Waals surface area (Å²) in [5.41, 5.74) is 3.78. The van der Waals surface area contributed by atoms with E-state index in [0.29, 0.717) is 26.6 Å². The normalized spacial score (nSPS) is 11.3. The van der Waals surface area contributed by atoms with Crippen molar-refractivity contribution in [2.45, 2.75) is 11.5 Å². The molecule has 9 nitrogen and oxygen atoms in total. The van der Waals surface area contributed by atoms with Crippen molar-refractivity contribution in [3.05, 3.63) is 112 Å². The number of nitrogens with zero attached hydrogens (tertiary/aromatic N) is 3. The Morgan fingerprint density at radius 1 is 1.07 bits per heavy atom. The molecular formula is C28H24BrClN4O5S. The third-order valence-corrected chi connectivity index (χ3v) is 8.23. The molecule has 0 aliphatic heterocycles. The number of pyridine rings is 1. The van der Waals surface area contributed by atoms with Gasteiger partial charge in [0.15, 0.2) is 11.5 Å². The van der Waals surface area contributed by atoms with E-state index in [4.69, 9.17) is 21.1 Å². The molecule has 0 spiro atoms. The minimum absolute atomic E-state index is 0.0331. The molecule has 0 unspecified atom stereocenters. The first-order chi connectivity index (χ1) is 19.3. The molecule has 1 aromatic heterocycles. The first kappa shape index (κ1) is 29.1. The average molecular weight is 644 g/mol. The fourth-order valence-corrected chi connectivity index (χ4v) is 5.74. The average Bonchev–Trinajstić information content (AvgIpc) is 2.96. The van der Waals surface area contributed by atoms with Gasteiger partial charge in [0.2, 0.25) is 0 Å². The summed E-state index contributed by atoms with van der Waals surface area (Å²) in [6.45, 7) is -0.301. The van der Waals surface area contributed by atoms with Crippen molar-refractivity contribution in [2.75, 3.05) is 18.0 Å². The van der Waals surface area contributed by atoms with Gasteiger partial charge in [0.25, 0.3) is 15.9 Å². The number of benzene rings is 3. The minimum atomic E-state index is -4.06. The monoisotopic (exact) mass is 642 g/mol. The Bertz CT molecular complexity index is 1610. The van der Waals surface area contributed by atoms with Crippen molar-refractivity contribution in [3.63, 3.8) is 0 Å². The first-order valence-corrected chi connectivity index (χ1v) is 14.4. The highest BCUT2D eigenvalue weighted by atomic mass is 79.9. The Hall–Kier alpha value is -3.93. The molecule has 1 amide bonds. The quantitative estimate of drug-likeness (QED) is 0.172. The van der Waals surface area contributed by atoms with E-state index in [1.54, 1.807) is 48.5 Å². The van der Waals surface area contributed by atoms with E-state index in [9.17, 15) is 13.2 Å². The van der Waals surface area contributed by atoms with E-state index in [-0.39, 0.29) is 17.3 Å². The summed E-state index contributed by atoms with van der Waals surface area (Å²) in [5, 5.41) is 4.59. The van der Waals surface area contributed by atoms with Gasteiger partial charge >= 0.3 is 0 Å². The maximum atomic E-state index is 13.3. The fraction of sp³-hybridized carbons (Fsp3) is 0.107. The molecule has 1 heterocycles. The fourth-order valence-electron chi connectivity index (χ4n) is 3.57. The maximum absolute atomic E-state index is 13.3. The number of nitrogens with one attached hydrogen (secondary N) is 1. The number of hydrogen-bond acceptors (Lipinski definition) is 7. The number of aromatic nitrogens is 1. The topological polar surface area (TPSA) is 110 Å². The molecule has 0 bridgehead atoms. The lowest BCUT2D eigenvalue weighted by Gasteiger charge is -2.22. The van der Waals surface area contributed by atoms with Gasteiger partial charge < -0.3 is 9.47 Å². The Morgan fingerprint density at radius 2 is 1.80 bits per heavy atom. The summed E-state index contributed by atoms with van der Waals surface area (Å²) in [6, 6.07) is 23.4. The van der Waals surface area contributed by atoms with Crippen molar-refractivity contribution in [1.29, 1.82) is 0 Å². The molecule has 206 valence electrons. The molecule has 4 rings (SSSR count). The SMILES string of the molecule is COc1cc(/C=N\NC(=O)CN(c2ccccn2)S(=O)(=O)c2ccccc2)cc(Br)c1OCc1ccccc1Cl. The number of anilines is 1. The van der Waals surface area contributed by atoms with Crippen LogP contribution in [0.4, 0.5) is 5.82 Å². The summed E-state index contributed by atoms with van der Waals surface area (Å²) in [6.07, 6.45) is 2.85. The summed E-state index contributed by atoms with van der Waals surface area (Å²) in [5.74, 6) is 0.351. The van der Waals surface area contributed by atoms with Gasteiger partial charge in [0.1, 0.15) is 19.0 Å². The summed E-state index contributed by atoms with van der Waals surface area (Å²) < 4.78 is 39.5. The predicted octanol–water partition coefficient (Wildman–Crippen LogP) is 5.43. The van der Waals surface area contributed by atoms with Crippen molar-refractivity contribution >= 4 is 55.5 Å². The van der Waals surface area contributed by atoms with Crippen LogP contribution in [0.5, 0.6) is 11.5 Å². The van der Waals surface area contributed by atoms with Gasteiger partial charge in [0.05, 0.1) is 22.7 Å². The highest BCUT2D eigenvalue weighted by molar-refractivity contribution is 9.10. The van der Waals surface area contributed by atoms with Crippen molar-refractivity contribution < 1.29 is 22.7 Å². The van der Waals surface area contributed by atoms with E-state index in [1.807, 2.05) is 18.2 Å². The summed E-state index contributed by atoms with van der Waals surface area (Å²) >= 11 is 9.71. The molecular weight excluding hydrogens is 620 g/mol. The van der Waals surface area contributed by atoms with Gasteiger partial charge in [0, 0.05) is 16.8 Å². The number of hydrogen-bond donors (Lipinski definition) is 1. The number of ether oxygens (including phenoxy) is 2. The lowest BCUT2D eigenvalue weighted by molar-refractivity contribution is -0.119. The highest BCUT2D eigenvalue weighted by Crippen LogP contribution is 2.37. The van der Waals surface area contributed by atoms with Crippen molar-refractivity contribution in [1.82, 2.24) is 10.4 Å². The largest absolute Gasteiger partial charge is 0.493 e. The Kier molecular flexibility index (Phi) is 9.75. The summed E-state index contributed by atoms with van der Waals surface area (Å²) in [7, 11) is -2.55. The van der Waals surface area contributed by atoms with Crippen LogP contribution in [0.1, 0.15) is 11.1 Å². The van der Waals surface area contributed by atoms with Crippen LogP contribution in [0.3, 0.4) is 0 Å². The Morgan fingerprint density at radius 3 is 2.50 bits per heavy atom. The molecule has 1 N–H and O–H groups in total. The van der Waals surface area contributed by atoms with E-state index < -0.39 is 22.5 Å². The maximum Gasteiger partial charge on any atom is 0.265 e. The minimum Gasteiger partial charge on any atom is -0.493 e. The molecule has 40 heavy (non-hydrogen) atoms. The number of carbonyl (C=O) groups excluding carboxylic acids is 1. The highest BCUT2D eigenvalue weighted by Gasteiger charge is 2.27. The van der Waals surface area contributed by atoms with Crippen LogP contribution in [0.2, 0.25) is 5.02 Å². The molecule has 0 aliphatic rings. The molecule has 12 heteroatoms. The Balaban J connectivity index is 1.47. The molecule has 0 fully saturated rings. The molecule has 0 aliphatic carbocycles. The number of rotatable bonds is 11. The number of methoxy groups -OCH3 is 1. The van der Waals surface area contributed by atoms with Crippen LogP contribution in [0.25, 0.3) is 0 Å². The lowest BCUT2D eigenvalue weighted by Crippen LogP contribution is -2.40. The zero-order valence-corrected chi connectivity index (χ0v) is 24.4. The molecule has 3 aromatic carbocycles. The Labute approximate surface area is 245 Å². The zero-order chi connectivity index (χ0) is 28.5. The van der Waals surface area contributed by atoms with Gasteiger partial charge in [-0.1, -0.05) is 54.1 Å². The van der Waals surface area contributed by atoms with Crippen molar-refractivity contribution in [3.8, 4) is 11.5 Å². The second-order valence-electron chi connectivity index (χ2n) is 8.22. The van der Waals surface area contributed by atoms with Crippen LogP contribution >= 0.6 is 27.5 Å². The smallest absolute Gasteiger partial charge is 0.265 e. The van der Waals surface area contributed by atoms with Gasteiger partial charge in [-0.05, 0) is 64.0 Å². The number of hydrazone groups is 1. The van der Waals surface area contributed by atoms with E-state index >= 15 is 0 Å². The number of sulfonamides is 1. The molecule has 4 aromatic rings. The predicted molar refractivity (Wildman–Crippen MR) is 157 cm³/mol. The lowest BCUT2D eigenvalue weighted by atomic mass is 10.2. The van der Waals surface area contributed by atoms with E-state index in [1.165, 1.54) is 37.7 Å². The van der Waals surface area contributed by atoms with E-state index in [0.717, 1.165) is 9.87 Å². The van der Waals surface area contributed by atoms with E-state index in [2.05, 4.69) is 31.4 Å². The molecule has 0 saturated carbocycles. The number of halogens is 2. The third kappa shape index (κ3) is 7.17. The van der Waals surface area contributed by atoms with Crippen LogP contribution in [-0.2, 0) is 21.4 Å². The molecule has 0 atom stereocenters. The van der Waals surface area contributed by atoms with Gasteiger partial charge in [-0.3, -0.25) is 4.79 Å². The van der Waals surface area contributed by atoms with Crippen LogP contribution in [0, 0.1) is 0 Å². The summed E-state index contributed by atoms with van der Waals surface area (Å²) in [4.78, 5) is 16.9. The van der Waals surface area contributed by atoms with Gasteiger partial charge in [-0.25, -0.2) is 23.1 Å². The van der Waals surface area contributed by atoms with Crippen LogP contribution in [-0.4, -0.2) is 39.2 Å².